The number of nitrogens with zero attached hydrogens (tertiary/aromatic N) is 3. The summed E-state index contributed by atoms with van der Waals surface area (Å²) in [4.78, 5) is 20.7. The van der Waals surface area contributed by atoms with Gasteiger partial charge in [-0.25, -0.2) is 9.37 Å². The van der Waals surface area contributed by atoms with Crippen LogP contribution in [0.2, 0.25) is 0 Å². The number of rotatable bonds is 4. The van der Waals surface area contributed by atoms with Crippen molar-refractivity contribution in [3.05, 3.63) is 46.5 Å². The van der Waals surface area contributed by atoms with E-state index >= 15 is 0 Å². The first-order valence-electron chi connectivity index (χ1n) is 8.83. The Labute approximate surface area is 156 Å². The smallest absolute Gasteiger partial charge is 0.254 e. The zero-order valence-electron chi connectivity index (χ0n) is 14.7. The summed E-state index contributed by atoms with van der Waals surface area (Å²) in [6, 6.07) is 4.79. The normalized spacial score (nSPS) is 22.2. The number of piperidine rings is 1. The molecule has 1 amide bonds. The number of hydrogen-bond donors (Lipinski definition) is 0. The molecule has 26 heavy (non-hydrogen) atoms. The number of thiophene rings is 1. The summed E-state index contributed by atoms with van der Waals surface area (Å²) in [5.74, 6) is 0.0971. The van der Waals surface area contributed by atoms with Crippen molar-refractivity contribution in [2.24, 2.45) is 5.92 Å². The molecule has 1 atom stereocenters. The Hall–Kier alpha value is -1.99. The molecular weight excluding hydrogens is 353 g/mol. The van der Waals surface area contributed by atoms with Gasteiger partial charge in [-0.1, -0.05) is 0 Å². The minimum atomic E-state index is -0.425. The van der Waals surface area contributed by atoms with Crippen LogP contribution in [0.25, 0.3) is 0 Å². The summed E-state index contributed by atoms with van der Waals surface area (Å²) in [5.41, 5.74) is 0.787. The first kappa shape index (κ1) is 17.4. The van der Waals surface area contributed by atoms with Crippen molar-refractivity contribution in [2.45, 2.75) is 18.4 Å². The van der Waals surface area contributed by atoms with Gasteiger partial charge in [-0.15, -0.1) is 0 Å². The van der Waals surface area contributed by atoms with Crippen LogP contribution in [0.5, 0.6) is 5.88 Å². The molecule has 4 rings (SSSR count). The Morgan fingerprint density at radius 2 is 2.31 bits per heavy atom. The predicted octanol–water partition coefficient (Wildman–Crippen LogP) is 2.90. The van der Waals surface area contributed by atoms with Crippen LogP contribution in [-0.2, 0) is 0 Å². The average molecular weight is 375 g/mol. The summed E-state index contributed by atoms with van der Waals surface area (Å²) >= 11 is 1.54. The van der Waals surface area contributed by atoms with Gasteiger partial charge >= 0.3 is 0 Å². The van der Waals surface area contributed by atoms with Crippen LogP contribution in [0.3, 0.4) is 0 Å². The number of carbonyl (C=O) groups is 1. The fourth-order valence-electron chi connectivity index (χ4n) is 3.97. The van der Waals surface area contributed by atoms with Gasteiger partial charge in [0.05, 0.1) is 17.7 Å². The van der Waals surface area contributed by atoms with Gasteiger partial charge in [-0.3, -0.25) is 9.69 Å². The van der Waals surface area contributed by atoms with Crippen LogP contribution in [0.1, 0.15) is 23.2 Å². The number of amides is 1. The molecule has 2 fully saturated rings. The molecule has 0 radical (unpaired) electrons. The fraction of sp³-hybridized carbons (Fsp3) is 0.474. The Morgan fingerprint density at radius 1 is 1.46 bits per heavy atom. The second-order valence-electron chi connectivity index (χ2n) is 7.28. The Bertz CT molecular complexity index is 777. The average Bonchev–Trinajstić information content (AvgIpc) is 3.14. The molecule has 0 saturated carbocycles. The van der Waals surface area contributed by atoms with E-state index in [2.05, 4.69) is 16.9 Å². The van der Waals surface area contributed by atoms with E-state index in [1.165, 1.54) is 12.3 Å². The molecule has 0 N–H and O–H groups in total. The summed E-state index contributed by atoms with van der Waals surface area (Å²) in [6.07, 6.45) is 3.49. The van der Waals surface area contributed by atoms with Crippen molar-refractivity contribution in [3.8, 4) is 5.88 Å². The molecule has 138 valence electrons. The van der Waals surface area contributed by atoms with Gasteiger partial charge in [0, 0.05) is 24.7 Å². The van der Waals surface area contributed by atoms with Crippen molar-refractivity contribution < 1.29 is 13.9 Å². The minimum absolute atomic E-state index is 0.0145. The summed E-state index contributed by atoms with van der Waals surface area (Å²) in [6.45, 7) is 2.90. The fourth-order valence-corrected chi connectivity index (χ4v) is 4.60. The largest absolute Gasteiger partial charge is 0.475 e. The third-order valence-corrected chi connectivity index (χ3v) is 6.24. The van der Waals surface area contributed by atoms with E-state index in [0.717, 1.165) is 38.0 Å². The molecule has 0 aromatic carbocycles. The highest BCUT2D eigenvalue weighted by molar-refractivity contribution is 7.08. The molecule has 2 aliphatic heterocycles. The maximum absolute atomic E-state index is 13.7. The number of ether oxygens (including phenoxy) is 1. The van der Waals surface area contributed by atoms with Crippen LogP contribution < -0.4 is 4.74 Å². The van der Waals surface area contributed by atoms with Crippen molar-refractivity contribution in [1.29, 1.82) is 0 Å². The second kappa shape index (κ2) is 6.96. The van der Waals surface area contributed by atoms with E-state index in [-0.39, 0.29) is 17.3 Å². The molecule has 1 unspecified atom stereocenters. The van der Waals surface area contributed by atoms with Gasteiger partial charge in [0.1, 0.15) is 0 Å². The highest BCUT2D eigenvalue weighted by Crippen LogP contribution is 2.39. The zero-order chi connectivity index (χ0) is 18.1. The molecule has 4 heterocycles. The van der Waals surface area contributed by atoms with Crippen molar-refractivity contribution in [3.63, 3.8) is 0 Å². The Balaban J connectivity index is 1.36. The highest BCUT2D eigenvalue weighted by Gasteiger charge is 2.51. The van der Waals surface area contributed by atoms with E-state index in [4.69, 9.17) is 4.74 Å². The van der Waals surface area contributed by atoms with E-state index in [1.54, 1.807) is 17.4 Å². The van der Waals surface area contributed by atoms with Crippen molar-refractivity contribution in [2.75, 3.05) is 33.3 Å². The van der Waals surface area contributed by atoms with Gasteiger partial charge in [-0.05, 0) is 55.9 Å². The summed E-state index contributed by atoms with van der Waals surface area (Å²) < 4.78 is 19.3. The third-order valence-electron chi connectivity index (χ3n) is 5.56. The molecule has 2 aliphatic rings. The van der Waals surface area contributed by atoms with E-state index < -0.39 is 5.82 Å². The number of halogens is 1. The maximum atomic E-state index is 13.7. The third kappa shape index (κ3) is 3.21. The molecule has 1 spiro atoms. The number of likely N-dealkylation sites (N-methyl/N-ethyl adjacent to an activating group) is 1. The molecule has 2 aromatic heterocycles. The maximum Gasteiger partial charge on any atom is 0.254 e. The second-order valence-corrected chi connectivity index (χ2v) is 8.06. The summed E-state index contributed by atoms with van der Waals surface area (Å²) in [7, 11) is 2.13. The quantitative estimate of drug-likeness (QED) is 0.824. The predicted molar refractivity (Wildman–Crippen MR) is 98.0 cm³/mol. The lowest BCUT2D eigenvalue weighted by atomic mass is 9.75. The highest BCUT2D eigenvalue weighted by atomic mass is 32.1. The zero-order valence-corrected chi connectivity index (χ0v) is 15.5. The Morgan fingerprint density at radius 3 is 3.04 bits per heavy atom. The number of carbonyl (C=O) groups excluding carboxylic acids is 1. The lowest BCUT2D eigenvalue weighted by molar-refractivity contribution is -0.0696. The van der Waals surface area contributed by atoms with Gasteiger partial charge in [0.15, 0.2) is 5.82 Å². The van der Waals surface area contributed by atoms with Crippen molar-refractivity contribution >= 4 is 17.2 Å². The molecule has 0 bridgehead atoms. The number of pyridine rings is 1. The molecule has 2 aromatic rings. The molecule has 5 nitrogen and oxygen atoms in total. The number of hydrogen-bond acceptors (Lipinski definition) is 5. The lowest BCUT2D eigenvalue weighted by Gasteiger charge is -2.58. The van der Waals surface area contributed by atoms with Gasteiger partial charge in [-0.2, -0.15) is 11.3 Å². The van der Waals surface area contributed by atoms with Crippen LogP contribution in [0.15, 0.2) is 35.2 Å². The molecule has 2 saturated heterocycles. The van der Waals surface area contributed by atoms with Gasteiger partial charge in [0.25, 0.3) is 5.91 Å². The van der Waals surface area contributed by atoms with Gasteiger partial charge in [0.2, 0.25) is 5.88 Å². The van der Waals surface area contributed by atoms with Crippen molar-refractivity contribution in [1.82, 2.24) is 14.8 Å². The van der Waals surface area contributed by atoms with Crippen LogP contribution in [0, 0.1) is 11.7 Å². The summed E-state index contributed by atoms with van der Waals surface area (Å²) in [5, 5.41) is 3.83. The van der Waals surface area contributed by atoms with Crippen LogP contribution >= 0.6 is 11.3 Å². The molecular formula is C19H22FN3O2S. The van der Waals surface area contributed by atoms with E-state index in [0.29, 0.717) is 12.5 Å². The first-order chi connectivity index (χ1) is 12.6. The van der Waals surface area contributed by atoms with Crippen LogP contribution in [0.4, 0.5) is 4.39 Å². The standard InChI is InChI=1S/C19H22FN3O2S/c1-22-7-4-14(10-25-17-16(20)3-2-6-21-17)9-19(22)12-23(13-19)18(24)15-5-8-26-11-15/h2-3,5-6,8,11,14H,4,7,9-10,12-13H2,1H3. The first-order valence-corrected chi connectivity index (χ1v) is 9.78. The lowest BCUT2D eigenvalue weighted by Crippen LogP contribution is -2.72. The van der Waals surface area contributed by atoms with E-state index in [1.807, 2.05) is 21.7 Å². The minimum Gasteiger partial charge on any atom is -0.475 e. The van der Waals surface area contributed by atoms with E-state index in [9.17, 15) is 9.18 Å². The van der Waals surface area contributed by atoms with Gasteiger partial charge < -0.3 is 9.64 Å². The number of aromatic nitrogens is 1. The number of likely N-dealkylation sites (tertiary alicyclic amines) is 2. The monoisotopic (exact) mass is 375 g/mol. The molecule has 0 aliphatic carbocycles. The van der Waals surface area contributed by atoms with Crippen LogP contribution in [-0.4, -0.2) is 59.5 Å². The molecule has 7 heteroatoms. The topological polar surface area (TPSA) is 45.7 Å². The SMILES string of the molecule is CN1CCC(COc2ncccc2F)CC12CN(C(=O)c1ccsc1)C2. The Kier molecular flexibility index (Phi) is 4.67.